The van der Waals surface area contributed by atoms with Gasteiger partial charge in [0, 0.05) is 35.6 Å². The fraction of sp³-hybridized carbons (Fsp3) is 0.357. The Labute approximate surface area is 117 Å². The topological polar surface area (TPSA) is 24.9 Å². The summed E-state index contributed by atoms with van der Waals surface area (Å²) in [5.41, 5.74) is 1.27. The Hall–Kier alpha value is -0.900. The monoisotopic (exact) mass is 280 g/mol. The van der Waals surface area contributed by atoms with Crippen LogP contribution in [0.5, 0.6) is 0 Å². The molecular formula is C14H17ClN2S. The summed E-state index contributed by atoms with van der Waals surface area (Å²) in [6, 6.07) is 8.50. The van der Waals surface area contributed by atoms with Gasteiger partial charge in [0.05, 0.1) is 5.01 Å². The van der Waals surface area contributed by atoms with E-state index in [-0.39, 0.29) is 0 Å². The van der Waals surface area contributed by atoms with Gasteiger partial charge >= 0.3 is 0 Å². The number of nitrogens with zero attached hydrogens (tertiary/aromatic N) is 1. The zero-order valence-corrected chi connectivity index (χ0v) is 12.0. The van der Waals surface area contributed by atoms with Crippen LogP contribution in [0.1, 0.15) is 17.5 Å². The maximum Gasteiger partial charge on any atom is 0.0937 e. The molecule has 0 saturated carbocycles. The summed E-state index contributed by atoms with van der Waals surface area (Å²) in [7, 11) is 0. The van der Waals surface area contributed by atoms with Crippen LogP contribution in [0.4, 0.5) is 0 Å². The average molecular weight is 281 g/mol. The third-order valence-electron chi connectivity index (χ3n) is 2.75. The summed E-state index contributed by atoms with van der Waals surface area (Å²) >= 11 is 7.68. The molecule has 2 nitrogen and oxygen atoms in total. The smallest absolute Gasteiger partial charge is 0.0937 e. The van der Waals surface area contributed by atoms with E-state index in [0.717, 1.165) is 24.4 Å². The van der Waals surface area contributed by atoms with Crippen molar-refractivity contribution in [3.63, 3.8) is 0 Å². The highest BCUT2D eigenvalue weighted by Crippen LogP contribution is 2.12. The molecule has 2 rings (SSSR count). The maximum atomic E-state index is 5.97. The molecule has 0 aliphatic carbocycles. The highest BCUT2D eigenvalue weighted by Gasteiger charge is 2.04. The SMILES string of the molecule is C[C@H](Cc1cccc(Cl)c1)NCCc1nccs1. The van der Waals surface area contributed by atoms with Crippen LogP contribution in [0.2, 0.25) is 5.02 Å². The summed E-state index contributed by atoms with van der Waals surface area (Å²) in [5, 5.41) is 7.53. The molecule has 0 radical (unpaired) electrons. The van der Waals surface area contributed by atoms with Crippen LogP contribution in [-0.4, -0.2) is 17.6 Å². The van der Waals surface area contributed by atoms with Crippen molar-refractivity contribution in [3.05, 3.63) is 51.4 Å². The van der Waals surface area contributed by atoms with Crippen LogP contribution in [0.25, 0.3) is 0 Å². The van der Waals surface area contributed by atoms with E-state index in [9.17, 15) is 0 Å². The van der Waals surface area contributed by atoms with E-state index in [1.807, 2.05) is 29.8 Å². The molecule has 4 heteroatoms. The zero-order chi connectivity index (χ0) is 12.8. The van der Waals surface area contributed by atoms with Gasteiger partial charge in [-0.1, -0.05) is 23.7 Å². The number of thiazole rings is 1. The first-order chi connectivity index (χ1) is 8.74. The van der Waals surface area contributed by atoms with Crippen LogP contribution < -0.4 is 5.32 Å². The highest BCUT2D eigenvalue weighted by molar-refractivity contribution is 7.09. The fourth-order valence-electron chi connectivity index (χ4n) is 1.89. The van der Waals surface area contributed by atoms with E-state index < -0.39 is 0 Å². The van der Waals surface area contributed by atoms with Gasteiger partial charge in [-0.25, -0.2) is 4.98 Å². The minimum absolute atomic E-state index is 0.448. The van der Waals surface area contributed by atoms with Gasteiger partial charge in [-0.05, 0) is 31.0 Å². The number of benzene rings is 1. The molecule has 0 amide bonds. The maximum absolute atomic E-state index is 5.97. The first-order valence-corrected chi connectivity index (χ1v) is 7.36. The predicted octanol–water partition coefficient (Wildman–Crippen LogP) is 3.56. The lowest BCUT2D eigenvalue weighted by Crippen LogP contribution is -2.29. The molecule has 1 heterocycles. The van der Waals surface area contributed by atoms with E-state index >= 15 is 0 Å². The summed E-state index contributed by atoms with van der Waals surface area (Å²) < 4.78 is 0. The van der Waals surface area contributed by atoms with Crippen molar-refractivity contribution >= 4 is 22.9 Å². The molecule has 0 aliphatic rings. The summed E-state index contributed by atoms with van der Waals surface area (Å²) in [6.07, 6.45) is 3.85. The fourth-order valence-corrected chi connectivity index (χ4v) is 2.72. The minimum Gasteiger partial charge on any atom is -0.314 e. The van der Waals surface area contributed by atoms with E-state index in [2.05, 4.69) is 23.3 Å². The van der Waals surface area contributed by atoms with Crippen molar-refractivity contribution in [2.24, 2.45) is 0 Å². The van der Waals surface area contributed by atoms with Gasteiger partial charge in [0.2, 0.25) is 0 Å². The average Bonchev–Trinajstić information content (AvgIpc) is 2.82. The van der Waals surface area contributed by atoms with Crippen molar-refractivity contribution in [1.82, 2.24) is 10.3 Å². The number of halogens is 1. The van der Waals surface area contributed by atoms with Gasteiger partial charge < -0.3 is 5.32 Å². The minimum atomic E-state index is 0.448. The summed E-state index contributed by atoms with van der Waals surface area (Å²) in [6.45, 7) is 3.16. The van der Waals surface area contributed by atoms with E-state index in [4.69, 9.17) is 11.6 Å². The molecular weight excluding hydrogens is 264 g/mol. The zero-order valence-electron chi connectivity index (χ0n) is 10.4. The summed E-state index contributed by atoms with van der Waals surface area (Å²) in [5.74, 6) is 0. The molecule has 0 saturated heterocycles. The Kier molecular flexibility index (Phi) is 5.17. The van der Waals surface area contributed by atoms with Gasteiger partial charge in [0.15, 0.2) is 0 Å². The normalized spacial score (nSPS) is 12.6. The van der Waals surface area contributed by atoms with Crippen molar-refractivity contribution in [2.45, 2.75) is 25.8 Å². The Morgan fingerprint density at radius 3 is 3.06 bits per heavy atom. The van der Waals surface area contributed by atoms with E-state index in [0.29, 0.717) is 6.04 Å². The van der Waals surface area contributed by atoms with Crippen LogP contribution in [0, 0.1) is 0 Å². The molecule has 0 aliphatic heterocycles. The quantitative estimate of drug-likeness (QED) is 0.875. The standard InChI is InChI=1S/C14H17ClN2S/c1-11(9-12-3-2-4-13(15)10-12)16-6-5-14-17-7-8-18-14/h2-4,7-8,10-11,16H,5-6,9H2,1H3/t11-/m1/s1. The lowest BCUT2D eigenvalue weighted by Gasteiger charge is -2.13. The largest absolute Gasteiger partial charge is 0.314 e. The number of aromatic nitrogens is 1. The molecule has 0 spiro atoms. The van der Waals surface area contributed by atoms with Crippen molar-refractivity contribution in [1.29, 1.82) is 0 Å². The number of nitrogens with one attached hydrogen (secondary N) is 1. The molecule has 1 aromatic heterocycles. The second kappa shape index (κ2) is 6.88. The number of hydrogen-bond acceptors (Lipinski definition) is 3. The first-order valence-electron chi connectivity index (χ1n) is 6.10. The molecule has 1 N–H and O–H groups in total. The molecule has 0 bridgehead atoms. The second-order valence-electron chi connectivity index (χ2n) is 4.37. The first kappa shape index (κ1) is 13.5. The summed E-state index contributed by atoms with van der Waals surface area (Å²) in [4.78, 5) is 4.27. The van der Waals surface area contributed by atoms with E-state index in [1.54, 1.807) is 11.3 Å². The molecule has 0 unspecified atom stereocenters. The molecule has 96 valence electrons. The third kappa shape index (κ3) is 4.41. The molecule has 18 heavy (non-hydrogen) atoms. The number of rotatable bonds is 6. The van der Waals surface area contributed by atoms with Gasteiger partial charge in [-0.3, -0.25) is 0 Å². The third-order valence-corrected chi connectivity index (χ3v) is 3.82. The van der Waals surface area contributed by atoms with Gasteiger partial charge in [0.1, 0.15) is 0 Å². The van der Waals surface area contributed by atoms with Crippen molar-refractivity contribution in [3.8, 4) is 0 Å². The van der Waals surface area contributed by atoms with Crippen molar-refractivity contribution in [2.75, 3.05) is 6.54 Å². The van der Waals surface area contributed by atoms with Crippen molar-refractivity contribution < 1.29 is 0 Å². The van der Waals surface area contributed by atoms with Crippen LogP contribution in [0.15, 0.2) is 35.8 Å². The van der Waals surface area contributed by atoms with Gasteiger partial charge in [-0.15, -0.1) is 11.3 Å². The Balaban J connectivity index is 1.73. The van der Waals surface area contributed by atoms with Crippen LogP contribution >= 0.6 is 22.9 Å². The Bertz CT molecular complexity index is 470. The Morgan fingerprint density at radius 1 is 1.44 bits per heavy atom. The molecule has 0 fully saturated rings. The highest BCUT2D eigenvalue weighted by atomic mass is 35.5. The van der Waals surface area contributed by atoms with Crippen LogP contribution in [0.3, 0.4) is 0 Å². The van der Waals surface area contributed by atoms with Crippen LogP contribution in [-0.2, 0) is 12.8 Å². The van der Waals surface area contributed by atoms with E-state index in [1.165, 1.54) is 10.6 Å². The predicted molar refractivity (Wildman–Crippen MR) is 78.4 cm³/mol. The second-order valence-corrected chi connectivity index (χ2v) is 5.78. The Morgan fingerprint density at radius 2 is 2.33 bits per heavy atom. The molecule has 2 aromatic rings. The lowest BCUT2D eigenvalue weighted by atomic mass is 10.1. The lowest BCUT2D eigenvalue weighted by molar-refractivity contribution is 0.548. The van der Waals surface area contributed by atoms with Gasteiger partial charge in [0.25, 0.3) is 0 Å². The molecule has 1 aromatic carbocycles. The number of hydrogen-bond donors (Lipinski definition) is 1. The molecule has 1 atom stereocenters. The van der Waals surface area contributed by atoms with Gasteiger partial charge in [-0.2, -0.15) is 0 Å².